The van der Waals surface area contributed by atoms with E-state index in [0.29, 0.717) is 0 Å². The second kappa shape index (κ2) is 8.94. The van der Waals surface area contributed by atoms with Crippen molar-refractivity contribution < 1.29 is 55.1 Å². The quantitative estimate of drug-likeness (QED) is 0.209. The summed E-state index contributed by atoms with van der Waals surface area (Å²) in [4.78, 5) is 11.6. The maximum Gasteiger partial charge on any atom is 0.189 e. The van der Waals surface area contributed by atoms with Crippen molar-refractivity contribution in [2.24, 2.45) is 0 Å². The van der Waals surface area contributed by atoms with Crippen LogP contribution in [-0.4, -0.2) is 115 Å². The Balaban J connectivity index is 2.57. The van der Waals surface area contributed by atoms with Gasteiger partial charge in [-0.05, 0) is 0 Å². The topological polar surface area (TPSA) is 197 Å². The first-order valence-corrected chi connectivity index (χ1v) is 6.84. The lowest BCUT2D eigenvalue weighted by Crippen LogP contribution is -2.59. The van der Waals surface area contributed by atoms with Gasteiger partial charge in [0.25, 0.3) is 0 Å². The van der Waals surface area contributed by atoms with Crippen LogP contribution in [0.15, 0.2) is 0 Å². The number of carbonyl (C=O) groups is 1. The zero-order valence-electron chi connectivity index (χ0n) is 12.0. The van der Waals surface area contributed by atoms with Gasteiger partial charge >= 0.3 is 0 Å². The van der Waals surface area contributed by atoms with Gasteiger partial charge in [0.15, 0.2) is 12.1 Å². The summed E-state index contributed by atoms with van der Waals surface area (Å²) in [6.45, 7) is -2.42. The molecule has 0 amide bonds. The van der Waals surface area contributed by atoms with E-state index in [1.807, 2.05) is 0 Å². The lowest BCUT2D eigenvalue weighted by molar-refractivity contribution is -0.299. The van der Waals surface area contributed by atoms with E-state index in [1.54, 1.807) is 0 Å². The summed E-state index contributed by atoms with van der Waals surface area (Å²) in [6, 6.07) is 0. The highest BCUT2D eigenvalue weighted by atomic mass is 16.7. The molecule has 0 aromatic heterocycles. The van der Waals surface area contributed by atoms with Crippen molar-refractivity contribution in [1.29, 1.82) is 0 Å². The zero-order valence-corrected chi connectivity index (χ0v) is 12.0. The molecule has 1 rings (SSSR count). The van der Waals surface area contributed by atoms with Crippen LogP contribution in [0.4, 0.5) is 0 Å². The molecule has 1 saturated heterocycles. The largest absolute Gasteiger partial charge is 0.394 e. The molecule has 0 saturated carbocycles. The van der Waals surface area contributed by atoms with Gasteiger partial charge in [0, 0.05) is 0 Å². The molecule has 0 aromatic rings. The first kappa shape index (κ1) is 20.3. The average molecular weight is 342 g/mol. The number of aliphatic hydroxyl groups excluding tert-OH is 8. The molecule has 1 aliphatic heterocycles. The van der Waals surface area contributed by atoms with Gasteiger partial charge in [-0.2, -0.15) is 0 Å². The summed E-state index contributed by atoms with van der Waals surface area (Å²) in [5.74, 6) is -1.08. The third-order valence-corrected chi connectivity index (χ3v) is 3.47. The van der Waals surface area contributed by atoms with Crippen molar-refractivity contribution in [3.8, 4) is 0 Å². The number of rotatable bonds is 8. The first-order valence-electron chi connectivity index (χ1n) is 6.84. The summed E-state index contributed by atoms with van der Waals surface area (Å²) in [5.41, 5.74) is 0. The highest BCUT2D eigenvalue weighted by Crippen LogP contribution is 2.22. The van der Waals surface area contributed by atoms with Gasteiger partial charge < -0.3 is 50.3 Å². The molecule has 8 atom stereocenters. The molecule has 3 unspecified atom stereocenters. The van der Waals surface area contributed by atoms with Crippen molar-refractivity contribution in [3.63, 3.8) is 0 Å². The molecule has 1 fully saturated rings. The van der Waals surface area contributed by atoms with Crippen molar-refractivity contribution >= 4 is 5.78 Å². The van der Waals surface area contributed by atoms with Crippen LogP contribution in [0.3, 0.4) is 0 Å². The second-order valence-corrected chi connectivity index (χ2v) is 5.16. The Morgan fingerprint density at radius 3 is 2.17 bits per heavy atom. The van der Waals surface area contributed by atoms with Crippen LogP contribution in [-0.2, 0) is 14.3 Å². The Morgan fingerprint density at radius 1 is 1.04 bits per heavy atom. The highest BCUT2D eigenvalue weighted by molar-refractivity contribution is 5.84. The van der Waals surface area contributed by atoms with Crippen LogP contribution < -0.4 is 0 Å². The summed E-state index contributed by atoms with van der Waals surface area (Å²) >= 11 is 0. The lowest BCUT2D eigenvalue weighted by atomic mass is 9.99. The lowest BCUT2D eigenvalue weighted by Gasteiger charge is -2.39. The number of ketones is 1. The molecular weight excluding hydrogens is 320 g/mol. The van der Waals surface area contributed by atoms with E-state index in [1.165, 1.54) is 0 Å². The van der Waals surface area contributed by atoms with Gasteiger partial charge in [0.05, 0.1) is 13.2 Å². The Labute approximate surface area is 130 Å². The number of hydrogen-bond acceptors (Lipinski definition) is 11. The zero-order chi connectivity index (χ0) is 17.7. The van der Waals surface area contributed by atoms with E-state index in [4.69, 9.17) is 24.8 Å². The monoisotopic (exact) mass is 342 g/mol. The van der Waals surface area contributed by atoms with Crippen LogP contribution in [0, 0.1) is 0 Å². The highest BCUT2D eigenvalue weighted by Gasteiger charge is 2.44. The summed E-state index contributed by atoms with van der Waals surface area (Å²) in [7, 11) is 0. The molecule has 11 heteroatoms. The van der Waals surface area contributed by atoms with E-state index in [2.05, 4.69) is 0 Å². The molecule has 0 radical (unpaired) electrons. The maximum atomic E-state index is 11.6. The van der Waals surface area contributed by atoms with E-state index in [9.17, 15) is 30.3 Å². The van der Waals surface area contributed by atoms with Gasteiger partial charge in [0.2, 0.25) is 0 Å². The molecule has 0 aliphatic carbocycles. The average Bonchev–Trinajstić information content (AvgIpc) is 2.56. The molecule has 11 nitrogen and oxygen atoms in total. The predicted molar refractivity (Wildman–Crippen MR) is 69.8 cm³/mol. The fourth-order valence-electron chi connectivity index (χ4n) is 1.96. The number of ether oxygens (including phenoxy) is 2. The minimum absolute atomic E-state index is 0.678. The van der Waals surface area contributed by atoms with Crippen LogP contribution in [0.2, 0.25) is 0 Å². The molecule has 23 heavy (non-hydrogen) atoms. The Bertz CT molecular complexity index is 376. The maximum absolute atomic E-state index is 11.6. The third kappa shape index (κ3) is 4.87. The van der Waals surface area contributed by atoms with Crippen LogP contribution in [0.1, 0.15) is 0 Å². The molecule has 0 aromatic carbocycles. The van der Waals surface area contributed by atoms with Gasteiger partial charge in [-0.25, -0.2) is 0 Å². The number of hydrogen-bond donors (Lipinski definition) is 8. The van der Waals surface area contributed by atoms with E-state index >= 15 is 0 Å². The van der Waals surface area contributed by atoms with Gasteiger partial charge in [0.1, 0.15) is 49.3 Å². The number of Topliss-reactive ketones (excluding diaryl/α,β-unsaturated/α-hetero) is 1. The van der Waals surface area contributed by atoms with Crippen molar-refractivity contribution in [2.45, 2.75) is 49.0 Å². The molecule has 8 N–H and O–H groups in total. The SMILES string of the molecule is O=C(CO[C@H]1O[C@H](CO)[C@@H](O)[C@H](O)[C@H]1O)C(O)C(O)C(O)CO. The molecule has 0 spiro atoms. The van der Waals surface area contributed by atoms with Crippen molar-refractivity contribution in [1.82, 2.24) is 0 Å². The number of aliphatic hydroxyl groups is 8. The van der Waals surface area contributed by atoms with E-state index in [-0.39, 0.29) is 0 Å². The standard InChI is InChI=1S/C12H22O11/c13-1-4(15)7(17)8(18)5(16)3-22-12-11(21)10(20)9(19)6(2-14)23-12/h4,6-15,17-21H,1-3H2/t4?,6-,7?,8?,9-,10+,11-,12+/m1/s1. The normalized spacial score (nSPS) is 35.6. The minimum atomic E-state index is -2.05. The van der Waals surface area contributed by atoms with Crippen molar-refractivity contribution in [2.75, 3.05) is 19.8 Å². The molecule has 1 aliphatic rings. The summed E-state index contributed by atoms with van der Waals surface area (Å²) in [5, 5.41) is 74.4. The fraction of sp³-hybridized carbons (Fsp3) is 0.917. The third-order valence-electron chi connectivity index (χ3n) is 3.47. The van der Waals surface area contributed by atoms with Gasteiger partial charge in [-0.15, -0.1) is 0 Å². The Morgan fingerprint density at radius 2 is 1.65 bits per heavy atom. The molecule has 1 heterocycles. The number of carbonyl (C=O) groups excluding carboxylic acids is 1. The first-order chi connectivity index (χ1) is 10.7. The van der Waals surface area contributed by atoms with E-state index in [0.717, 1.165) is 0 Å². The Hall–Kier alpha value is -0.730. The Kier molecular flexibility index (Phi) is 7.89. The van der Waals surface area contributed by atoms with Crippen LogP contribution in [0.25, 0.3) is 0 Å². The minimum Gasteiger partial charge on any atom is -0.394 e. The smallest absolute Gasteiger partial charge is 0.189 e. The second-order valence-electron chi connectivity index (χ2n) is 5.16. The van der Waals surface area contributed by atoms with Crippen LogP contribution in [0.5, 0.6) is 0 Å². The van der Waals surface area contributed by atoms with Gasteiger partial charge in [-0.1, -0.05) is 0 Å². The van der Waals surface area contributed by atoms with Gasteiger partial charge in [-0.3, -0.25) is 4.79 Å². The molecule has 136 valence electrons. The van der Waals surface area contributed by atoms with Crippen LogP contribution >= 0.6 is 0 Å². The summed E-state index contributed by atoms with van der Waals surface area (Å²) in [6.07, 6.45) is -13.5. The summed E-state index contributed by atoms with van der Waals surface area (Å²) < 4.78 is 9.85. The molecule has 0 bridgehead atoms. The fourth-order valence-corrected chi connectivity index (χ4v) is 1.96. The van der Waals surface area contributed by atoms with E-state index < -0.39 is 74.6 Å². The van der Waals surface area contributed by atoms with Crippen molar-refractivity contribution in [3.05, 3.63) is 0 Å². The predicted octanol–water partition coefficient (Wildman–Crippen LogP) is -5.55. The molecular formula is C12H22O11.